The molecule has 0 radical (unpaired) electrons. The molecule has 2 rings (SSSR count). The SMILES string of the molecule is CCN1CCC[C@@H]1CN[C@@H]1CCO[C@@H]1C. The minimum Gasteiger partial charge on any atom is -0.377 e. The van der Waals surface area contributed by atoms with Crippen molar-refractivity contribution in [1.82, 2.24) is 10.2 Å². The molecule has 2 fully saturated rings. The number of hydrogen-bond donors (Lipinski definition) is 1. The van der Waals surface area contributed by atoms with Crippen molar-refractivity contribution in [3.63, 3.8) is 0 Å². The van der Waals surface area contributed by atoms with Crippen molar-refractivity contribution >= 4 is 0 Å². The summed E-state index contributed by atoms with van der Waals surface area (Å²) in [6.07, 6.45) is 4.32. The van der Waals surface area contributed by atoms with E-state index in [9.17, 15) is 0 Å². The molecule has 3 nitrogen and oxygen atoms in total. The van der Waals surface area contributed by atoms with Crippen LogP contribution in [0.5, 0.6) is 0 Å². The Morgan fingerprint density at radius 1 is 1.40 bits per heavy atom. The van der Waals surface area contributed by atoms with Crippen LogP contribution in [0.4, 0.5) is 0 Å². The molecule has 0 aromatic rings. The number of likely N-dealkylation sites (N-methyl/N-ethyl adjacent to an activating group) is 1. The Kier molecular flexibility index (Phi) is 4.00. The lowest BCUT2D eigenvalue weighted by atomic mass is 10.1. The van der Waals surface area contributed by atoms with Crippen LogP contribution in [0.25, 0.3) is 0 Å². The minimum absolute atomic E-state index is 0.404. The summed E-state index contributed by atoms with van der Waals surface area (Å²) in [5.74, 6) is 0. The number of likely N-dealkylation sites (tertiary alicyclic amines) is 1. The van der Waals surface area contributed by atoms with Gasteiger partial charge < -0.3 is 10.1 Å². The Balaban J connectivity index is 1.72. The first kappa shape index (κ1) is 11.4. The largest absolute Gasteiger partial charge is 0.377 e. The Labute approximate surface area is 93.2 Å². The zero-order valence-corrected chi connectivity index (χ0v) is 10.0. The maximum Gasteiger partial charge on any atom is 0.0700 e. The summed E-state index contributed by atoms with van der Waals surface area (Å²) in [6, 6.07) is 1.35. The smallest absolute Gasteiger partial charge is 0.0700 e. The Bertz CT molecular complexity index is 198. The fourth-order valence-electron chi connectivity index (χ4n) is 2.83. The molecule has 1 N–H and O–H groups in total. The maximum absolute atomic E-state index is 5.56. The molecule has 2 saturated heterocycles. The van der Waals surface area contributed by atoms with Crippen LogP contribution in [-0.4, -0.2) is 49.3 Å². The first-order chi connectivity index (χ1) is 7.31. The molecule has 0 unspecified atom stereocenters. The average molecular weight is 212 g/mol. The van der Waals surface area contributed by atoms with E-state index in [2.05, 4.69) is 24.1 Å². The second-order valence-corrected chi connectivity index (χ2v) is 4.80. The molecule has 0 bridgehead atoms. The van der Waals surface area contributed by atoms with E-state index in [1.807, 2.05) is 0 Å². The second kappa shape index (κ2) is 5.28. The average Bonchev–Trinajstić information content (AvgIpc) is 2.83. The van der Waals surface area contributed by atoms with Crippen molar-refractivity contribution in [2.45, 2.75) is 51.3 Å². The molecule has 0 spiro atoms. The van der Waals surface area contributed by atoms with Crippen molar-refractivity contribution in [3.05, 3.63) is 0 Å². The van der Waals surface area contributed by atoms with Gasteiger partial charge in [-0.2, -0.15) is 0 Å². The van der Waals surface area contributed by atoms with E-state index < -0.39 is 0 Å². The molecule has 2 aliphatic rings. The van der Waals surface area contributed by atoms with Crippen LogP contribution in [0.3, 0.4) is 0 Å². The van der Waals surface area contributed by atoms with Crippen molar-refractivity contribution in [2.75, 3.05) is 26.2 Å². The topological polar surface area (TPSA) is 24.5 Å². The summed E-state index contributed by atoms with van der Waals surface area (Å²) in [5, 5.41) is 3.67. The van der Waals surface area contributed by atoms with Crippen LogP contribution >= 0.6 is 0 Å². The molecule has 3 atom stereocenters. The van der Waals surface area contributed by atoms with E-state index >= 15 is 0 Å². The molecular formula is C12H24N2O. The lowest BCUT2D eigenvalue weighted by Gasteiger charge is -2.25. The molecule has 15 heavy (non-hydrogen) atoms. The van der Waals surface area contributed by atoms with E-state index in [0.29, 0.717) is 12.1 Å². The third-order valence-electron chi connectivity index (χ3n) is 3.90. The Hall–Kier alpha value is -0.120. The summed E-state index contributed by atoms with van der Waals surface area (Å²) in [5.41, 5.74) is 0. The number of ether oxygens (including phenoxy) is 1. The minimum atomic E-state index is 0.404. The van der Waals surface area contributed by atoms with E-state index in [4.69, 9.17) is 4.74 Å². The summed E-state index contributed by atoms with van der Waals surface area (Å²) >= 11 is 0. The van der Waals surface area contributed by atoms with Gasteiger partial charge in [-0.25, -0.2) is 0 Å². The maximum atomic E-state index is 5.56. The van der Waals surface area contributed by atoms with Crippen LogP contribution in [0.1, 0.15) is 33.1 Å². The van der Waals surface area contributed by atoms with Crippen molar-refractivity contribution in [3.8, 4) is 0 Å². The molecule has 2 heterocycles. The van der Waals surface area contributed by atoms with Crippen molar-refractivity contribution in [1.29, 1.82) is 0 Å². The van der Waals surface area contributed by atoms with Gasteiger partial charge in [0.1, 0.15) is 0 Å². The normalized spacial score (nSPS) is 37.6. The quantitative estimate of drug-likeness (QED) is 0.759. The summed E-state index contributed by atoms with van der Waals surface area (Å²) in [7, 11) is 0. The van der Waals surface area contributed by atoms with Gasteiger partial charge in [0.05, 0.1) is 6.10 Å². The zero-order chi connectivity index (χ0) is 10.7. The summed E-state index contributed by atoms with van der Waals surface area (Å²) < 4.78 is 5.56. The highest BCUT2D eigenvalue weighted by Crippen LogP contribution is 2.17. The van der Waals surface area contributed by atoms with Crippen LogP contribution in [-0.2, 0) is 4.74 Å². The highest BCUT2D eigenvalue weighted by Gasteiger charge is 2.27. The molecule has 0 aromatic carbocycles. The Morgan fingerprint density at radius 2 is 2.27 bits per heavy atom. The predicted octanol–water partition coefficient (Wildman–Crippen LogP) is 1.24. The molecule has 3 heteroatoms. The molecule has 0 amide bonds. The van der Waals surface area contributed by atoms with Crippen molar-refractivity contribution in [2.24, 2.45) is 0 Å². The monoisotopic (exact) mass is 212 g/mol. The first-order valence-corrected chi connectivity index (χ1v) is 6.40. The highest BCUT2D eigenvalue weighted by molar-refractivity contribution is 4.85. The first-order valence-electron chi connectivity index (χ1n) is 6.40. The number of nitrogens with one attached hydrogen (secondary N) is 1. The van der Waals surface area contributed by atoms with Gasteiger partial charge in [-0.3, -0.25) is 4.90 Å². The van der Waals surface area contributed by atoms with E-state index in [-0.39, 0.29) is 0 Å². The summed E-state index contributed by atoms with van der Waals surface area (Å²) in [6.45, 7) is 9.01. The standard InChI is InChI=1S/C12H24N2O/c1-3-14-7-4-5-11(14)9-13-12-6-8-15-10(12)2/h10-13H,3-9H2,1-2H3/t10-,11-,12-/m1/s1. The van der Waals surface area contributed by atoms with Crippen LogP contribution < -0.4 is 5.32 Å². The zero-order valence-electron chi connectivity index (χ0n) is 10.0. The third kappa shape index (κ3) is 2.71. The lowest BCUT2D eigenvalue weighted by Crippen LogP contribution is -2.43. The molecule has 2 aliphatic heterocycles. The van der Waals surface area contributed by atoms with E-state index in [0.717, 1.165) is 19.2 Å². The number of hydrogen-bond acceptors (Lipinski definition) is 3. The molecule has 0 aromatic heterocycles. The van der Waals surface area contributed by atoms with Gasteiger partial charge in [0.15, 0.2) is 0 Å². The van der Waals surface area contributed by atoms with Gasteiger partial charge in [-0.1, -0.05) is 6.92 Å². The van der Waals surface area contributed by atoms with E-state index in [1.165, 1.54) is 32.4 Å². The van der Waals surface area contributed by atoms with Gasteiger partial charge in [0, 0.05) is 25.2 Å². The van der Waals surface area contributed by atoms with Gasteiger partial charge in [0.25, 0.3) is 0 Å². The Morgan fingerprint density at radius 3 is 2.93 bits per heavy atom. The highest BCUT2D eigenvalue weighted by atomic mass is 16.5. The van der Waals surface area contributed by atoms with Crippen molar-refractivity contribution < 1.29 is 4.74 Å². The third-order valence-corrected chi connectivity index (χ3v) is 3.90. The van der Waals surface area contributed by atoms with Crippen LogP contribution in [0.2, 0.25) is 0 Å². The predicted molar refractivity (Wildman–Crippen MR) is 62.1 cm³/mol. The fourth-order valence-corrected chi connectivity index (χ4v) is 2.83. The summed E-state index contributed by atoms with van der Waals surface area (Å²) in [4.78, 5) is 2.59. The molecular weight excluding hydrogens is 188 g/mol. The molecule has 88 valence electrons. The lowest BCUT2D eigenvalue weighted by molar-refractivity contribution is 0.111. The number of rotatable bonds is 4. The van der Waals surface area contributed by atoms with Gasteiger partial charge in [0.2, 0.25) is 0 Å². The second-order valence-electron chi connectivity index (χ2n) is 4.80. The molecule has 0 aliphatic carbocycles. The van der Waals surface area contributed by atoms with Crippen LogP contribution in [0.15, 0.2) is 0 Å². The van der Waals surface area contributed by atoms with E-state index in [1.54, 1.807) is 0 Å². The fraction of sp³-hybridized carbons (Fsp3) is 1.00. The number of nitrogens with zero attached hydrogens (tertiary/aromatic N) is 1. The van der Waals surface area contributed by atoms with Crippen LogP contribution in [0, 0.1) is 0 Å². The molecule has 0 saturated carbocycles. The van der Waals surface area contributed by atoms with Gasteiger partial charge >= 0.3 is 0 Å². The van der Waals surface area contributed by atoms with Gasteiger partial charge in [-0.05, 0) is 39.3 Å². The van der Waals surface area contributed by atoms with Gasteiger partial charge in [-0.15, -0.1) is 0 Å².